The Hall–Kier alpha value is -2.82. The molecule has 0 saturated heterocycles. The SMILES string of the molecule is COc1ccc(/C=N/NC(=O)C2CC2(c2ccc(Cl)cc2)c2ccc(Cl)cc2)cc1. The summed E-state index contributed by atoms with van der Waals surface area (Å²) in [5.74, 6) is 0.419. The molecule has 4 nitrogen and oxygen atoms in total. The van der Waals surface area contributed by atoms with Gasteiger partial charge >= 0.3 is 0 Å². The fourth-order valence-corrected chi connectivity index (χ4v) is 4.07. The van der Waals surface area contributed by atoms with Gasteiger partial charge in [-0.3, -0.25) is 4.79 Å². The topological polar surface area (TPSA) is 50.7 Å². The van der Waals surface area contributed by atoms with Crippen LogP contribution in [0.4, 0.5) is 0 Å². The van der Waals surface area contributed by atoms with Gasteiger partial charge in [0, 0.05) is 15.5 Å². The summed E-state index contributed by atoms with van der Waals surface area (Å²) in [6.07, 6.45) is 2.31. The van der Waals surface area contributed by atoms with E-state index in [0.717, 1.165) is 22.4 Å². The third-order valence-electron chi connectivity index (χ3n) is 5.50. The van der Waals surface area contributed by atoms with Crippen LogP contribution in [-0.4, -0.2) is 19.2 Å². The zero-order valence-corrected chi connectivity index (χ0v) is 17.8. The largest absolute Gasteiger partial charge is 0.497 e. The molecule has 0 aliphatic heterocycles. The lowest BCUT2D eigenvalue weighted by Crippen LogP contribution is -2.25. The van der Waals surface area contributed by atoms with E-state index in [1.54, 1.807) is 13.3 Å². The number of carbonyl (C=O) groups excluding carboxylic acids is 1. The first kappa shape index (κ1) is 20.5. The molecule has 3 aromatic rings. The summed E-state index contributed by atoms with van der Waals surface area (Å²) in [5.41, 5.74) is 5.25. The van der Waals surface area contributed by atoms with Gasteiger partial charge in [-0.2, -0.15) is 5.10 Å². The number of nitrogens with one attached hydrogen (secondary N) is 1. The van der Waals surface area contributed by atoms with Gasteiger partial charge in [-0.1, -0.05) is 47.5 Å². The van der Waals surface area contributed by atoms with Crippen LogP contribution in [0.3, 0.4) is 0 Å². The van der Waals surface area contributed by atoms with Gasteiger partial charge in [0.05, 0.1) is 19.2 Å². The molecule has 0 bridgehead atoms. The maximum atomic E-state index is 12.9. The van der Waals surface area contributed by atoms with Crippen molar-refractivity contribution in [1.29, 1.82) is 0 Å². The molecule has 0 heterocycles. The standard InChI is InChI=1S/C24H20Cl2N2O2/c1-30-21-12-2-16(3-13-21)15-27-28-23(29)22-14-24(22,17-4-8-19(25)9-5-17)18-6-10-20(26)11-7-18/h2-13,15,22H,14H2,1H3,(H,28,29)/b27-15+. The lowest BCUT2D eigenvalue weighted by Gasteiger charge is -2.19. The lowest BCUT2D eigenvalue weighted by molar-refractivity contribution is -0.122. The number of amides is 1. The molecule has 6 heteroatoms. The number of benzene rings is 3. The van der Waals surface area contributed by atoms with Crippen molar-refractivity contribution in [1.82, 2.24) is 5.43 Å². The van der Waals surface area contributed by atoms with Crippen molar-refractivity contribution < 1.29 is 9.53 Å². The predicted molar refractivity (Wildman–Crippen MR) is 121 cm³/mol. The van der Waals surface area contributed by atoms with Gasteiger partial charge in [0.2, 0.25) is 5.91 Å². The van der Waals surface area contributed by atoms with Crippen molar-refractivity contribution in [3.05, 3.63) is 99.5 Å². The predicted octanol–water partition coefficient (Wildman–Crippen LogP) is 5.46. The third kappa shape index (κ3) is 4.07. The van der Waals surface area contributed by atoms with E-state index in [0.29, 0.717) is 16.5 Å². The van der Waals surface area contributed by atoms with Crippen LogP contribution in [0.5, 0.6) is 5.75 Å². The third-order valence-corrected chi connectivity index (χ3v) is 6.00. The van der Waals surface area contributed by atoms with Gasteiger partial charge in [0.25, 0.3) is 0 Å². The maximum absolute atomic E-state index is 12.9. The van der Waals surface area contributed by atoms with E-state index in [9.17, 15) is 4.79 Å². The van der Waals surface area contributed by atoms with E-state index in [-0.39, 0.29) is 11.8 Å². The Morgan fingerprint density at radius 3 is 2.00 bits per heavy atom. The van der Waals surface area contributed by atoms with Crippen LogP contribution in [0, 0.1) is 5.92 Å². The highest BCUT2D eigenvalue weighted by molar-refractivity contribution is 6.30. The molecule has 3 aromatic carbocycles. The van der Waals surface area contributed by atoms with Gasteiger partial charge in [0.1, 0.15) is 5.75 Å². The summed E-state index contributed by atoms with van der Waals surface area (Å²) in [6.45, 7) is 0. The van der Waals surface area contributed by atoms with Crippen LogP contribution in [0.1, 0.15) is 23.1 Å². The van der Waals surface area contributed by atoms with Gasteiger partial charge in [-0.25, -0.2) is 5.43 Å². The molecular weight excluding hydrogens is 419 g/mol. The fourth-order valence-electron chi connectivity index (χ4n) is 3.82. The van der Waals surface area contributed by atoms with Crippen molar-refractivity contribution in [2.45, 2.75) is 11.8 Å². The lowest BCUT2D eigenvalue weighted by atomic mass is 9.85. The van der Waals surface area contributed by atoms with E-state index in [2.05, 4.69) is 10.5 Å². The summed E-state index contributed by atoms with van der Waals surface area (Å²) >= 11 is 12.1. The number of nitrogens with zero attached hydrogens (tertiary/aromatic N) is 1. The summed E-state index contributed by atoms with van der Waals surface area (Å²) in [6, 6.07) is 22.7. The Balaban J connectivity index is 1.53. The number of halogens is 2. The molecule has 30 heavy (non-hydrogen) atoms. The van der Waals surface area contributed by atoms with E-state index in [4.69, 9.17) is 27.9 Å². The smallest absolute Gasteiger partial charge is 0.244 e. The van der Waals surface area contributed by atoms with E-state index in [1.165, 1.54) is 0 Å². The minimum Gasteiger partial charge on any atom is -0.497 e. The molecule has 1 aliphatic rings. The van der Waals surface area contributed by atoms with Crippen LogP contribution < -0.4 is 10.2 Å². The number of ether oxygens (including phenoxy) is 1. The van der Waals surface area contributed by atoms with Crippen LogP contribution in [0.25, 0.3) is 0 Å². The van der Waals surface area contributed by atoms with Crippen LogP contribution >= 0.6 is 23.2 Å². The summed E-state index contributed by atoms with van der Waals surface area (Å²) in [7, 11) is 1.62. The van der Waals surface area contributed by atoms with Crippen molar-refractivity contribution in [2.75, 3.05) is 7.11 Å². The molecule has 0 radical (unpaired) electrons. The number of hydrogen-bond donors (Lipinski definition) is 1. The van der Waals surface area contributed by atoms with Crippen LogP contribution in [0.15, 0.2) is 77.9 Å². The van der Waals surface area contributed by atoms with Gasteiger partial charge < -0.3 is 4.74 Å². The molecular formula is C24H20Cl2N2O2. The van der Waals surface area contributed by atoms with E-state index < -0.39 is 5.41 Å². The summed E-state index contributed by atoms with van der Waals surface area (Å²) < 4.78 is 5.14. The quantitative estimate of drug-likeness (QED) is 0.410. The molecule has 1 unspecified atom stereocenters. The van der Waals surface area contributed by atoms with E-state index >= 15 is 0 Å². The Morgan fingerprint density at radius 2 is 1.50 bits per heavy atom. The Bertz CT molecular complexity index is 1020. The Labute approximate surface area is 185 Å². The van der Waals surface area contributed by atoms with Crippen molar-refractivity contribution >= 4 is 35.3 Å². The second kappa shape index (κ2) is 8.50. The molecule has 1 N–H and O–H groups in total. The van der Waals surface area contributed by atoms with Gasteiger partial charge in [-0.15, -0.1) is 0 Å². The van der Waals surface area contributed by atoms with Crippen LogP contribution in [0.2, 0.25) is 10.0 Å². The number of rotatable bonds is 6. The average molecular weight is 439 g/mol. The number of methoxy groups -OCH3 is 1. The highest BCUT2D eigenvalue weighted by Crippen LogP contribution is 2.59. The minimum atomic E-state index is -0.408. The first-order valence-corrected chi connectivity index (χ1v) is 10.3. The minimum absolute atomic E-state index is 0.121. The number of hydrazone groups is 1. The zero-order valence-electron chi connectivity index (χ0n) is 16.3. The van der Waals surface area contributed by atoms with Crippen molar-refractivity contribution in [2.24, 2.45) is 11.0 Å². The first-order valence-electron chi connectivity index (χ1n) is 9.52. The molecule has 1 aliphatic carbocycles. The van der Waals surface area contributed by atoms with E-state index in [1.807, 2.05) is 72.8 Å². The van der Waals surface area contributed by atoms with Gasteiger partial charge in [-0.05, 0) is 71.6 Å². The molecule has 0 aromatic heterocycles. The fraction of sp³-hybridized carbons (Fsp3) is 0.167. The summed E-state index contributed by atoms with van der Waals surface area (Å²) in [5, 5.41) is 5.46. The first-order chi connectivity index (χ1) is 14.5. The molecule has 1 saturated carbocycles. The average Bonchev–Trinajstić information content (AvgIpc) is 3.52. The second-order valence-electron chi connectivity index (χ2n) is 7.25. The molecule has 1 fully saturated rings. The maximum Gasteiger partial charge on any atom is 0.244 e. The number of hydrogen-bond acceptors (Lipinski definition) is 3. The molecule has 1 amide bonds. The highest BCUT2D eigenvalue weighted by Gasteiger charge is 2.60. The molecule has 1 atom stereocenters. The molecule has 4 rings (SSSR count). The number of carbonyl (C=O) groups is 1. The monoisotopic (exact) mass is 438 g/mol. The van der Waals surface area contributed by atoms with Gasteiger partial charge in [0.15, 0.2) is 0 Å². The second-order valence-corrected chi connectivity index (χ2v) is 8.12. The molecule has 152 valence electrons. The Morgan fingerprint density at radius 1 is 0.967 bits per heavy atom. The normalized spacial score (nSPS) is 17.0. The Kier molecular flexibility index (Phi) is 5.80. The van der Waals surface area contributed by atoms with Crippen molar-refractivity contribution in [3.8, 4) is 5.75 Å². The molecule has 0 spiro atoms. The highest BCUT2D eigenvalue weighted by atomic mass is 35.5. The summed E-state index contributed by atoms with van der Waals surface area (Å²) in [4.78, 5) is 12.9. The van der Waals surface area contributed by atoms with Crippen molar-refractivity contribution in [3.63, 3.8) is 0 Å². The zero-order chi connectivity index (χ0) is 21.1. The van der Waals surface area contributed by atoms with Crippen LogP contribution in [-0.2, 0) is 10.2 Å².